The van der Waals surface area contributed by atoms with Gasteiger partial charge in [0.25, 0.3) is 5.91 Å². The molecule has 34 heavy (non-hydrogen) atoms. The second-order valence-corrected chi connectivity index (χ2v) is 8.93. The molecule has 1 aromatic heterocycles. The van der Waals surface area contributed by atoms with Crippen LogP contribution in [0.15, 0.2) is 48.5 Å². The molecule has 2 aromatic carbocycles. The number of likely N-dealkylation sites (tertiary alicyclic amines) is 1. The van der Waals surface area contributed by atoms with Gasteiger partial charge < -0.3 is 20.1 Å². The van der Waals surface area contributed by atoms with E-state index in [0.29, 0.717) is 26.6 Å². The first kappa shape index (κ1) is 23.6. The van der Waals surface area contributed by atoms with Crippen molar-refractivity contribution in [1.82, 2.24) is 14.8 Å². The minimum Gasteiger partial charge on any atom is -0.349 e. The third-order valence-electron chi connectivity index (χ3n) is 5.82. The van der Waals surface area contributed by atoms with Crippen molar-refractivity contribution in [1.29, 1.82) is 5.26 Å². The Morgan fingerprint density at radius 2 is 1.94 bits per heavy atom. The van der Waals surface area contributed by atoms with Crippen molar-refractivity contribution in [3.63, 3.8) is 0 Å². The van der Waals surface area contributed by atoms with Crippen LogP contribution in [0.5, 0.6) is 0 Å². The van der Waals surface area contributed by atoms with Crippen LogP contribution in [-0.4, -0.2) is 58.7 Å². The number of benzene rings is 2. The fourth-order valence-electron chi connectivity index (χ4n) is 4.02. The number of aromatic amines is 1. The summed E-state index contributed by atoms with van der Waals surface area (Å²) in [4.78, 5) is 44.1. The first-order chi connectivity index (χ1) is 16.3. The summed E-state index contributed by atoms with van der Waals surface area (Å²) >= 11 is 12.2. The number of fused-ring (bicyclic) bond motifs is 1. The lowest BCUT2D eigenvalue weighted by Crippen LogP contribution is -2.43. The Kier molecular flexibility index (Phi) is 6.77. The van der Waals surface area contributed by atoms with Gasteiger partial charge in [-0.2, -0.15) is 5.26 Å². The van der Waals surface area contributed by atoms with Crippen molar-refractivity contribution in [3.8, 4) is 6.07 Å². The lowest BCUT2D eigenvalue weighted by atomic mass is 10.1. The highest BCUT2D eigenvalue weighted by molar-refractivity contribution is 6.45. The van der Waals surface area contributed by atoms with Gasteiger partial charge in [-0.15, -0.1) is 0 Å². The molecule has 10 heteroatoms. The van der Waals surface area contributed by atoms with Crippen LogP contribution in [0.1, 0.15) is 16.9 Å². The zero-order valence-corrected chi connectivity index (χ0v) is 19.7. The fraction of sp³-hybridized carbons (Fsp3) is 0.250. The SMILES string of the molecule is CN(CC(=O)N1CC(C(=O)Nc2ccccc2)CC1C#N)C(=O)c1cc2ccc(Cl)c(Cl)c2[nH]1. The number of anilines is 1. The van der Waals surface area contributed by atoms with Gasteiger partial charge in [0.1, 0.15) is 11.7 Å². The highest BCUT2D eigenvalue weighted by Crippen LogP contribution is 2.31. The Morgan fingerprint density at radius 3 is 2.65 bits per heavy atom. The van der Waals surface area contributed by atoms with Gasteiger partial charge in [-0.1, -0.05) is 47.5 Å². The van der Waals surface area contributed by atoms with E-state index in [9.17, 15) is 19.6 Å². The maximum Gasteiger partial charge on any atom is 0.270 e. The summed E-state index contributed by atoms with van der Waals surface area (Å²) in [5, 5.41) is 13.7. The predicted octanol–water partition coefficient (Wildman–Crippen LogP) is 3.93. The molecule has 3 amide bonds. The first-order valence-electron chi connectivity index (χ1n) is 10.6. The number of para-hydroxylation sites is 1. The molecule has 1 aliphatic heterocycles. The molecule has 2 unspecified atom stereocenters. The highest BCUT2D eigenvalue weighted by Gasteiger charge is 2.39. The summed E-state index contributed by atoms with van der Waals surface area (Å²) in [6.45, 7) is -0.133. The normalized spacial score (nSPS) is 17.4. The molecule has 0 aliphatic carbocycles. The number of rotatable bonds is 5. The Bertz CT molecular complexity index is 1300. The monoisotopic (exact) mass is 497 g/mol. The van der Waals surface area contributed by atoms with Crippen LogP contribution in [0.25, 0.3) is 10.9 Å². The third kappa shape index (κ3) is 4.72. The van der Waals surface area contributed by atoms with E-state index < -0.39 is 23.8 Å². The molecule has 1 fully saturated rings. The molecule has 3 aromatic rings. The Hall–Kier alpha value is -3.54. The maximum atomic E-state index is 13.0. The number of hydrogen-bond donors (Lipinski definition) is 2. The van der Waals surface area contributed by atoms with Crippen LogP contribution in [0.4, 0.5) is 5.69 Å². The van der Waals surface area contributed by atoms with Crippen LogP contribution < -0.4 is 5.32 Å². The van der Waals surface area contributed by atoms with Gasteiger partial charge in [-0.25, -0.2) is 0 Å². The molecule has 2 atom stereocenters. The van der Waals surface area contributed by atoms with E-state index in [-0.39, 0.29) is 31.1 Å². The van der Waals surface area contributed by atoms with Gasteiger partial charge in [-0.05, 0) is 30.7 Å². The van der Waals surface area contributed by atoms with E-state index in [0.717, 1.165) is 0 Å². The molecular weight excluding hydrogens is 477 g/mol. The summed E-state index contributed by atoms with van der Waals surface area (Å²) in [5.41, 5.74) is 1.44. The average Bonchev–Trinajstić information content (AvgIpc) is 3.47. The van der Waals surface area contributed by atoms with Crippen LogP contribution >= 0.6 is 23.2 Å². The van der Waals surface area contributed by atoms with E-state index in [4.69, 9.17) is 23.2 Å². The number of amides is 3. The third-order valence-corrected chi connectivity index (χ3v) is 6.62. The highest BCUT2D eigenvalue weighted by atomic mass is 35.5. The molecule has 1 saturated heterocycles. The number of halogens is 2. The number of nitrogens with one attached hydrogen (secondary N) is 2. The fourth-order valence-corrected chi connectivity index (χ4v) is 4.39. The minimum absolute atomic E-state index is 0.109. The number of nitriles is 1. The second kappa shape index (κ2) is 9.75. The molecule has 8 nitrogen and oxygen atoms in total. The second-order valence-electron chi connectivity index (χ2n) is 8.15. The lowest BCUT2D eigenvalue weighted by Gasteiger charge is -2.23. The van der Waals surface area contributed by atoms with Crippen LogP contribution in [0.2, 0.25) is 10.0 Å². The number of likely N-dealkylation sites (N-methyl/N-ethyl adjacent to an activating group) is 1. The lowest BCUT2D eigenvalue weighted by molar-refractivity contribution is -0.131. The Morgan fingerprint density at radius 1 is 1.21 bits per heavy atom. The van der Waals surface area contributed by atoms with Crippen molar-refractivity contribution >= 4 is 57.5 Å². The minimum atomic E-state index is -0.739. The summed E-state index contributed by atoms with van der Waals surface area (Å²) in [6.07, 6.45) is 0.236. The predicted molar refractivity (Wildman–Crippen MR) is 130 cm³/mol. The topological polar surface area (TPSA) is 109 Å². The largest absolute Gasteiger partial charge is 0.349 e. The number of carbonyl (C=O) groups excluding carboxylic acids is 3. The van der Waals surface area contributed by atoms with Crippen molar-refractivity contribution in [2.45, 2.75) is 12.5 Å². The first-order valence-corrected chi connectivity index (χ1v) is 11.3. The molecule has 174 valence electrons. The van der Waals surface area contributed by atoms with Gasteiger partial charge in [0, 0.05) is 24.7 Å². The number of aromatic nitrogens is 1. The number of hydrogen-bond acceptors (Lipinski definition) is 4. The smallest absolute Gasteiger partial charge is 0.270 e. The zero-order valence-electron chi connectivity index (χ0n) is 18.2. The summed E-state index contributed by atoms with van der Waals surface area (Å²) in [7, 11) is 1.50. The summed E-state index contributed by atoms with van der Waals surface area (Å²) < 4.78 is 0. The number of H-pyrrole nitrogens is 1. The molecule has 2 N–H and O–H groups in total. The number of nitrogens with zero attached hydrogens (tertiary/aromatic N) is 3. The molecular formula is C24H21Cl2N5O3. The molecule has 1 aliphatic rings. The zero-order chi connectivity index (χ0) is 24.4. The van der Waals surface area contributed by atoms with E-state index >= 15 is 0 Å². The Balaban J connectivity index is 1.42. The molecule has 4 rings (SSSR count). The van der Waals surface area contributed by atoms with Crippen LogP contribution in [0, 0.1) is 17.2 Å². The van der Waals surface area contributed by atoms with E-state index in [1.807, 2.05) is 6.07 Å². The Labute approximate surface area is 206 Å². The van der Waals surface area contributed by atoms with E-state index in [2.05, 4.69) is 16.4 Å². The molecule has 0 saturated carbocycles. The van der Waals surface area contributed by atoms with Gasteiger partial charge in [0.2, 0.25) is 11.8 Å². The quantitative estimate of drug-likeness (QED) is 0.556. The van der Waals surface area contributed by atoms with Gasteiger partial charge in [-0.3, -0.25) is 14.4 Å². The molecule has 2 heterocycles. The molecule has 0 bridgehead atoms. The van der Waals surface area contributed by atoms with Gasteiger partial charge >= 0.3 is 0 Å². The molecule has 0 radical (unpaired) electrons. The van der Waals surface area contributed by atoms with Gasteiger partial charge in [0.05, 0.1) is 34.1 Å². The van der Waals surface area contributed by atoms with E-state index in [1.165, 1.54) is 16.8 Å². The average molecular weight is 498 g/mol. The van der Waals surface area contributed by atoms with E-state index in [1.54, 1.807) is 42.5 Å². The van der Waals surface area contributed by atoms with Crippen molar-refractivity contribution in [2.75, 3.05) is 25.5 Å². The van der Waals surface area contributed by atoms with Crippen molar-refractivity contribution in [2.24, 2.45) is 5.92 Å². The van der Waals surface area contributed by atoms with Crippen LogP contribution in [-0.2, 0) is 9.59 Å². The summed E-state index contributed by atoms with van der Waals surface area (Å²) in [5.74, 6) is -1.59. The summed E-state index contributed by atoms with van der Waals surface area (Å²) in [6, 6.07) is 15.4. The van der Waals surface area contributed by atoms with Crippen molar-refractivity contribution < 1.29 is 14.4 Å². The molecule has 0 spiro atoms. The van der Waals surface area contributed by atoms with Gasteiger partial charge in [0.15, 0.2) is 0 Å². The number of carbonyl (C=O) groups is 3. The van der Waals surface area contributed by atoms with Crippen molar-refractivity contribution in [3.05, 3.63) is 64.3 Å². The maximum absolute atomic E-state index is 13.0. The van der Waals surface area contributed by atoms with Crippen LogP contribution in [0.3, 0.4) is 0 Å². The standard InChI is InChI=1S/C24H21Cl2N5O3/c1-30(24(34)19-10-14-7-8-18(25)21(26)22(14)29-19)13-20(32)31-12-15(9-17(31)11-27)23(33)28-16-5-3-2-4-6-16/h2-8,10,15,17,29H,9,12-13H2,1H3,(H,28,33).